The van der Waals surface area contributed by atoms with Crippen molar-refractivity contribution in [1.82, 2.24) is 9.55 Å². The van der Waals surface area contributed by atoms with Gasteiger partial charge in [-0.05, 0) is 23.3 Å². The number of imidazole rings is 1. The summed E-state index contributed by atoms with van der Waals surface area (Å²) in [6, 6.07) is 15.7. The van der Waals surface area contributed by atoms with E-state index in [-0.39, 0.29) is 12.6 Å². The van der Waals surface area contributed by atoms with Crippen LogP contribution in [0.25, 0.3) is 0 Å². The second-order valence-electron chi connectivity index (χ2n) is 5.54. The quantitative estimate of drug-likeness (QED) is 0.671. The molecular formula is C19H14F3N3O. The molecule has 2 aromatic carbocycles. The molecule has 0 aliphatic carbocycles. The summed E-state index contributed by atoms with van der Waals surface area (Å²) < 4.78 is 45.0. The molecule has 0 aliphatic heterocycles. The SMILES string of the molecule is N#CC(c1ccccc1)n1ccnc1OCc1ccc(C(F)(F)F)cc1. The third kappa shape index (κ3) is 3.86. The zero-order valence-corrected chi connectivity index (χ0v) is 13.5. The number of benzene rings is 2. The third-order valence-electron chi connectivity index (χ3n) is 3.80. The molecule has 0 fully saturated rings. The predicted octanol–water partition coefficient (Wildman–Crippen LogP) is 4.59. The van der Waals surface area contributed by atoms with Gasteiger partial charge in [-0.1, -0.05) is 42.5 Å². The van der Waals surface area contributed by atoms with Gasteiger partial charge < -0.3 is 4.74 Å². The van der Waals surface area contributed by atoms with Crippen molar-refractivity contribution < 1.29 is 17.9 Å². The maximum absolute atomic E-state index is 12.6. The van der Waals surface area contributed by atoms with Gasteiger partial charge in [-0.3, -0.25) is 4.57 Å². The summed E-state index contributed by atoms with van der Waals surface area (Å²) in [4.78, 5) is 4.09. The molecule has 0 saturated carbocycles. The normalized spacial score (nSPS) is 12.4. The van der Waals surface area contributed by atoms with Crippen LogP contribution in [0, 0.1) is 11.3 Å². The van der Waals surface area contributed by atoms with E-state index in [1.807, 2.05) is 30.3 Å². The molecule has 0 spiro atoms. The molecular weight excluding hydrogens is 343 g/mol. The summed E-state index contributed by atoms with van der Waals surface area (Å²) in [6.45, 7) is 0.0437. The van der Waals surface area contributed by atoms with Gasteiger partial charge in [0.15, 0.2) is 6.04 Å². The van der Waals surface area contributed by atoms with Crippen LogP contribution in [0.15, 0.2) is 67.0 Å². The fourth-order valence-corrected chi connectivity index (χ4v) is 2.48. The first kappa shape index (κ1) is 17.5. The van der Waals surface area contributed by atoms with Crippen molar-refractivity contribution in [3.63, 3.8) is 0 Å². The highest BCUT2D eigenvalue weighted by atomic mass is 19.4. The monoisotopic (exact) mass is 357 g/mol. The highest BCUT2D eigenvalue weighted by Crippen LogP contribution is 2.29. The first-order chi connectivity index (χ1) is 12.5. The van der Waals surface area contributed by atoms with Gasteiger partial charge in [0.1, 0.15) is 6.61 Å². The van der Waals surface area contributed by atoms with Crippen molar-refractivity contribution in [2.24, 2.45) is 0 Å². The molecule has 3 rings (SSSR count). The van der Waals surface area contributed by atoms with E-state index < -0.39 is 17.8 Å². The maximum atomic E-state index is 12.6. The zero-order valence-electron chi connectivity index (χ0n) is 13.5. The minimum Gasteiger partial charge on any atom is -0.460 e. The number of hydrogen-bond acceptors (Lipinski definition) is 3. The summed E-state index contributed by atoms with van der Waals surface area (Å²) in [5.41, 5.74) is 0.643. The molecule has 0 radical (unpaired) electrons. The van der Waals surface area contributed by atoms with Crippen molar-refractivity contribution in [2.45, 2.75) is 18.8 Å². The van der Waals surface area contributed by atoms with Crippen molar-refractivity contribution in [2.75, 3.05) is 0 Å². The highest BCUT2D eigenvalue weighted by molar-refractivity contribution is 5.27. The number of aromatic nitrogens is 2. The summed E-state index contributed by atoms with van der Waals surface area (Å²) in [5.74, 6) is 0. The van der Waals surface area contributed by atoms with E-state index in [0.717, 1.165) is 17.7 Å². The second-order valence-corrected chi connectivity index (χ2v) is 5.54. The van der Waals surface area contributed by atoms with Gasteiger partial charge in [0.05, 0.1) is 11.6 Å². The highest BCUT2D eigenvalue weighted by Gasteiger charge is 2.29. The summed E-state index contributed by atoms with van der Waals surface area (Å²) in [6.07, 6.45) is -1.23. The summed E-state index contributed by atoms with van der Waals surface area (Å²) in [7, 11) is 0. The second kappa shape index (κ2) is 7.31. The molecule has 26 heavy (non-hydrogen) atoms. The van der Waals surface area contributed by atoms with Gasteiger partial charge in [0, 0.05) is 12.4 Å². The minimum atomic E-state index is -4.37. The molecule has 3 aromatic rings. The van der Waals surface area contributed by atoms with E-state index in [9.17, 15) is 18.4 Å². The van der Waals surface area contributed by atoms with Crippen LogP contribution in [0.1, 0.15) is 22.7 Å². The largest absolute Gasteiger partial charge is 0.460 e. The molecule has 0 bridgehead atoms. The van der Waals surface area contributed by atoms with Crippen molar-refractivity contribution in [3.8, 4) is 12.1 Å². The van der Waals surface area contributed by atoms with Gasteiger partial charge in [-0.25, -0.2) is 4.98 Å². The average molecular weight is 357 g/mol. The standard InChI is InChI=1S/C19H14F3N3O/c20-19(21,22)16-8-6-14(7-9-16)13-26-18-24-10-11-25(18)17(12-23)15-4-2-1-3-5-15/h1-11,17H,13H2. The minimum absolute atomic E-state index is 0.0437. The third-order valence-corrected chi connectivity index (χ3v) is 3.80. The Morgan fingerprint density at radius 2 is 1.77 bits per heavy atom. The molecule has 0 N–H and O–H groups in total. The first-order valence-electron chi connectivity index (χ1n) is 7.75. The predicted molar refractivity (Wildman–Crippen MR) is 88.2 cm³/mol. The molecule has 0 amide bonds. The lowest BCUT2D eigenvalue weighted by Gasteiger charge is -2.15. The first-order valence-corrected chi connectivity index (χ1v) is 7.75. The molecule has 1 aromatic heterocycles. The maximum Gasteiger partial charge on any atom is 0.416 e. The number of rotatable bonds is 5. The number of ether oxygens (including phenoxy) is 1. The van der Waals surface area contributed by atoms with E-state index in [1.165, 1.54) is 18.3 Å². The Bertz CT molecular complexity index is 896. The van der Waals surface area contributed by atoms with Crippen LogP contribution in [0.3, 0.4) is 0 Å². The molecule has 0 saturated heterocycles. The van der Waals surface area contributed by atoms with Gasteiger partial charge in [-0.2, -0.15) is 18.4 Å². The number of hydrogen-bond donors (Lipinski definition) is 0. The molecule has 0 aliphatic rings. The average Bonchev–Trinajstić information content (AvgIpc) is 3.09. The van der Waals surface area contributed by atoms with Crippen LogP contribution in [-0.4, -0.2) is 9.55 Å². The van der Waals surface area contributed by atoms with Gasteiger partial charge in [0.25, 0.3) is 6.01 Å². The Kier molecular flexibility index (Phi) is 4.94. The van der Waals surface area contributed by atoms with E-state index in [2.05, 4.69) is 11.1 Å². The topological polar surface area (TPSA) is 50.8 Å². The van der Waals surface area contributed by atoms with E-state index >= 15 is 0 Å². The molecule has 1 unspecified atom stereocenters. The Labute approximate surface area is 148 Å². The van der Waals surface area contributed by atoms with Crippen LogP contribution >= 0.6 is 0 Å². The molecule has 1 heterocycles. The Morgan fingerprint density at radius 3 is 2.38 bits per heavy atom. The van der Waals surface area contributed by atoms with Crippen LogP contribution in [0.4, 0.5) is 13.2 Å². The van der Waals surface area contributed by atoms with Gasteiger partial charge in [-0.15, -0.1) is 0 Å². The number of nitrogens with zero attached hydrogens (tertiary/aromatic N) is 3. The summed E-state index contributed by atoms with van der Waals surface area (Å²) >= 11 is 0. The molecule has 4 nitrogen and oxygen atoms in total. The Morgan fingerprint density at radius 1 is 1.08 bits per heavy atom. The van der Waals surface area contributed by atoms with Gasteiger partial charge >= 0.3 is 6.18 Å². The van der Waals surface area contributed by atoms with Crippen LogP contribution in [0.5, 0.6) is 6.01 Å². The Hall–Kier alpha value is -3.27. The van der Waals surface area contributed by atoms with Crippen LogP contribution < -0.4 is 4.74 Å². The van der Waals surface area contributed by atoms with Crippen molar-refractivity contribution >= 4 is 0 Å². The van der Waals surface area contributed by atoms with Crippen molar-refractivity contribution in [1.29, 1.82) is 5.26 Å². The molecule has 7 heteroatoms. The zero-order chi connectivity index (χ0) is 18.6. The van der Waals surface area contributed by atoms with Crippen LogP contribution in [0.2, 0.25) is 0 Å². The van der Waals surface area contributed by atoms with E-state index in [0.29, 0.717) is 5.56 Å². The Balaban J connectivity index is 1.74. The van der Waals surface area contributed by atoms with Crippen molar-refractivity contribution in [3.05, 3.63) is 83.7 Å². The van der Waals surface area contributed by atoms with E-state index in [1.54, 1.807) is 10.8 Å². The molecule has 132 valence electrons. The number of halogens is 3. The smallest absolute Gasteiger partial charge is 0.416 e. The lowest BCUT2D eigenvalue weighted by molar-refractivity contribution is -0.137. The van der Waals surface area contributed by atoms with Gasteiger partial charge in [0.2, 0.25) is 0 Å². The number of alkyl halides is 3. The summed E-state index contributed by atoms with van der Waals surface area (Å²) in [5, 5.41) is 9.51. The lowest BCUT2D eigenvalue weighted by atomic mass is 10.1. The fraction of sp³-hybridized carbons (Fsp3) is 0.158. The van der Waals surface area contributed by atoms with Crippen LogP contribution in [-0.2, 0) is 12.8 Å². The van der Waals surface area contributed by atoms with E-state index in [4.69, 9.17) is 4.74 Å². The lowest BCUT2D eigenvalue weighted by Crippen LogP contribution is -2.11. The molecule has 1 atom stereocenters. The fourth-order valence-electron chi connectivity index (χ4n) is 2.48. The number of nitriles is 1.